The van der Waals surface area contributed by atoms with Gasteiger partial charge in [0.25, 0.3) is 5.91 Å². The first-order chi connectivity index (χ1) is 21.4. The lowest BCUT2D eigenvalue weighted by atomic mass is 10.0. The highest BCUT2D eigenvalue weighted by Crippen LogP contribution is 2.32. The molecule has 6 rings (SSSR count). The van der Waals surface area contributed by atoms with Crippen LogP contribution in [-0.2, 0) is 4.79 Å². The molecule has 0 saturated carbocycles. The summed E-state index contributed by atoms with van der Waals surface area (Å²) < 4.78 is 7.78. The number of aromatic nitrogens is 2. The Morgan fingerprint density at radius 1 is 0.841 bits per heavy atom. The normalized spacial score (nSPS) is 14.0. The molecule has 0 atom stereocenters. The number of hydrogen-bond donors (Lipinski definition) is 0. The Morgan fingerprint density at radius 2 is 1.50 bits per heavy atom. The number of ether oxygens (including phenoxy) is 1. The van der Waals surface area contributed by atoms with Crippen LogP contribution in [0.3, 0.4) is 0 Å². The fraction of sp³-hybridized carbons (Fsp3) is 0.162. The summed E-state index contributed by atoms with van der Waals surface area (Å²) >= 11 is 1.67. The third-order valence-corrected chi connectivity index (χ3v) is 8.15. The van der Waals surface area contributed by atoms with E-state index in [-0.39, 0.29) is 5.91 Å². The summed E-state index contributed by atoms with van der Waals surface area (Å²) in [5.74, 6) is 1.64. The van der Waals surface area contributed by atoms with E-state index in [0.717, 1.165) is 44.6 Å². The minimum Gasteiger partial charge on any atom is -0.493 e. The van der Waals surface area contributed by atoms with Crippen LogP contribution in [0.2, 0.25) is 0 Å². The maximum atomic E-state index is 14.0. The second-order valence-corrected chi connectivity index (χ2v) is 12.2. The summed E-state index contributed by atoms with van der Waals surface area (Å²) in [6, 6.07) is 35.9. The first kappa shape index (κ1) is 29.2. The number of para-hydroxylation sites is 2. The van der Waals surface area contributed by atoms with Gasteiger partial charge in [0.2, 0.25) is 0 Å². The number of hydrogen-bond acceptors (Lipinski definition) is 5. The number of benzene rings is 4. The first-order valence-electron chi connectivity index (χ1n) is 14.7. The van der Waals surface area contributed by atoms with Crippen molar-refractivity contribution in [3.05, 3.63) is 132 Å². The molecule has 0 spiro atoms. The zero-order valence-corrected chi connectivity index (χ0v) is 25.9. The van der Waals surface area contributed by atoms with E-state index in [1.807, 2.05) is 102 Å². The lowest BCUT2D eigenvalue weighted by Crippen LogP contribution is -2.21. The van der Waals surface area contributed by atoms with Crippen LogP contribution in [0.5, 0.6) is 5.75 Å². The van der Waals surface area contributed by atoms with Gasteiger partial charge in [-0.1, -0.05) is 67.9 Å². The lowest BCUT2D eigenvalue weighted by Gasteiger charge is -2.11. The second-order valence-electron chi connectivity index (χ2n) is 11.1. The maximum Gasteiger partial charge on any atom is 0.280 e. The molecule has 0 unspecified atom stereocenters. The topological polar surface area (TPSA) is 59.7 Å². The lowest BCUT2D eigenvalue weighted by molar-refractivity contribution is -0.114. The van der Waals surface area contributed by atoms with Crippen LogP contribution in [0.25, 0.3) is 23.0 Å². The van der Waals surface area contributed by atoms with Crippen LogP contribution < -0.4 is 9.75 Å². The van der Waals surface area contributed by atoms with Crippen molar-refractivity contribution in [1.29, 1.82) is 0 Å². The highest BCUT2D eigenvalue weighted by Gasteiger charge is 2.31. The van der Waals surface area contributed by atoms with Crippen LogP contribution in [0, 0.1) is 12.8 Å². The zero-order valence-electron chi connectivity index (χ0n) is 25.1. The van der Waals surface area contributed by atoms with Crippen molar-refractivity contribution in [3.8, 4) is 22.7 Å². The third-order valence-electron chi connectivity index (χ3n) is 7.13. The molecule has 1 aliphatic rings. The molecule has 5 aromatic rings. The summed E-state index contributed by atoms with van der Waals surface area (Å²) in [5, 5.41) is 11.3. The molecule has 4 aromatic carbocycles. The Labute approximate surface area is 262 Å². The van der Waals surface area contributed by atoms with E-state index in [4.69, 9.17) is 14.9 Å². The van der Waals surface area contributed by atoms with E-state index in [1.165, 1.54) is 10.6 Å². The van der Waals surface area contributed by atoms with Gasteiger partial charge in [-0.15, -0.1) is 11.8 Å². The minimum atomic E-state index is -0.161. The van der Waals surface area contributed by atoms with Crippen molar-refractivity contribution in [2.75, 3.05) is 17.4 Å². The Morgan fingerprint density at radius 3 is 2.16 bits per heavy atom. The molecule has 2 heterocycles. The van der Waals surface area contributed by atoms with Gasteiger partial charge in [0.05, 0.1) is 35.0 Å². The van der Waals surface area contributed by atoms with E-state index in [2.05, 4.69) is 45.0 Å². The number of thioether (sulfide) groups is 1. The van der Waals surface area contributed by atoms with Gasteiger partial charge in [0.15, 0.2) is 0 Å². The summed E-state index contributed by atoms with van der Waals surface area (Å²) in [6.07, 6.45) is 3.91. The minimum absolute atomic E-state index is 0.161. The maximum absolute atomic E-state index is 14.0. The highest BCUT2D eigenvalue weighted by atomic mass is 32.2. The SMILES string of the molecule is Cc1ccc(SCC2=NN(c3ccccc3)C(=O)/C2=C\c2cn(-c3ccccc3)nc2-c2ccc(OCC(C)C)cc2)cc1. The van der Waals surface area contributed by atoms with Crippen LogP contribution in [-0.4, -0.2) is 33.8 Å². The van der Waals surface area contributed by atoms with E-state index < -0.39 is 0 Å². The number of amides is 1. The van der Waals surface area contributed by atoms with Gasteiger partial charge in [-0.3, -0.25) is 4.79 Å². The fourth-order valence-corrected chi connectivity index (χ4v) is 5.64. The summed E-state index contributed by atoms with van der Waals surface area (Å²) in [4.78, 5) is 15.1. The number of carbonyl (C=O) groups excluding carboxylic acids is 1. The number of hydrazone groups is 1. The summed E-state index contributed by atoms with van der Waals surface area (Å²) in [5.41, 5.74) is 6.68. The molecule has 1 amide bonds. The molecule has 1 aliphatic heterocycles. The Bertz CT molecular complexity index is 1790. The molecular weight excluding hydrogens is 565 g/mol. The molecule has 1 aromatic heterocycles. The van der Waals surface area contributed by atoms with Crippen LogP contribution in [0.1, 0.15) is 25.0 Å². The van der Waals surface area contributed by atoms with Gasteiger partial charge < -0.3 is 4.74 Å². The van der Waals surface area contributed by atoms with Gasteiger partial charge in [0, 0.05) is 28.0 Å². The van der Waals surface area contributed by atoms with Gasteiger partial charge in [-0.05, 0) is 79.6 Å². The van der Waals surface area contributed by atoms with Crippen molar-refractivity contribution >= 4 is 35.1 Å². The fourth-order valence-electron chi connectivity index (χ4n) is 4.80. The summed E-state index contributed by atoms with van der Waals surface area (Å²) in [6.45, 7) is 6.99. The molecule has 7 heteroatoms. The molecule has 0 fully saturated rings. The van der Waals surface area contributed by atoms with Crippen LogP contribution in [0.15, 0.2) is 131 Å². The second kappa shape index (κ2) is 13.2. The van der Waals surface area contributed by atoms with E-state index in [0.29, 0.717) is 23.9 Å². The number of aryl methyl sites for hydroxylation is 1. The number of carbonyl (C=O) groups is 1. The first-order valence-corrected chi connectivity index (χ1v) is 15.7. The van der Waals surface area contributed by atoms with Crippen molar-refractivity contribution < 1.29 is 9.53 Å². The predicted octanol–water partition coefficient (Wildman–Crippen LogP) is 8.46. The number of nitrogens with zero attached hydrogens (tertiary/aromatic N) is 4. The molecule has 220 valence electrons. The monoisotopic (exact) mass is 598 g/mol. The Balaban J connectivity index is 1.40. The number of anilines is 1. The standard InChI is InChI=1S/C37H34N4O2S/c1-26(2)24-43-32-18-16-28(17-19-32)36-29(23-40(39-36)30-10-6-4-7-11-30)22-34-35(25-44-33-20-14-27(3)15-21-33)38-41(37(34)42)31-12-8-5-9-13-31/h4-23,26H,24-25H2,1-3H3/b34-22-. The average Bonchev–Trinajstić information content (AvgIpc) is 3.62. The van der Waals surface area contributed by atoms with Crippen LogP contribution >= 0.6 is 11.8 Å². The molecule has 6 nitrogen and oxygen atoms in total. The highest BCUT2D eigenvalue weighted by molar-refractivity contribution is 8.00. The summed E-state index contributed by atoms with van der Waals surface area (Å²) in [7, 11) is 0. The van der Waals surface area contributed by atoms with E-state index >= 15 is 0 Å². The zero-order chi connectivity index (χ0) is 30.5. The van der Waals surface area contributed by atoms with Crippen molar-refractivity contribution in [2.45, 2.75) is 25.7 Å². The van der Waals surface area contributed by atoms with Crippen molar-refractivity contribution in [1.82, 2.24) is 9.78 Å². The quantitative estimate of drug-likeness (QED) is 0.120. The molecule has 0 radical (unpaired) electrons. The smallest absolute Gasteiger partial charge is 0.280 e. The van der Waals surface area contributed by atoms with Crippen molar-refractivity contribution in [2.24, 2.45) is 11.0 Å². The molecule has 0 saturated heterocycles. The molecular formula is C37H34N4O2S. The molecule has 0 N–H and O–H groups in total. The van der Waals surface area contributed by atoms with E-state index in [1.54, 1.807) is 11.8 Å². The van der Waals surface area contributed by atoms with Crippen molar-refractivity contribution in [3.63, 3.8) is 0 Å². The number of rotatable bonds is 10. The van der Waals surface area contributed by atoms with Crippen LogP contribution in [0.4, 0.5) is 5.69 Å². The predicted molar refractivity (Wildman–Crippen MR) is 181 cm³/mol. The van der Waals surface area contributed by atoms with Gasteiger partial charge in [0.1, 0.15) is 5.75 Å². The molecule has 0 aliphatic carbocycles. The Kier molecular flexibility index (Phi) is 8.75. The third kappa shape index (κ3) is 6.68. The Hall–Kier alpha value is -4.88. The average molecular weight is 599 g/mol. The largest absolute Gasteiger partial charge is 0.493 e. The van der Waals surface area contributed by atoms with Gasteiger partial charge in [-0.25, -0.2) is 4.68 Å². The van der Waals surface area contributed by atoms with E-state index in [9.17, 15) is 4.79 Å². The molecule has 44 heavy (non-hydrogen) atoms. The van der Waals surface area contributed by atoms with Gasteiger partial charge in [-0.2, -0.15) is 15.2 Å². The molecule has 0 bridgehead atoms. The van der Waals surface area contributed by atoms with Gasteiger partial charge >= 0.3 is 0 Å².